The van der Waals surface area contributed by atoms with E-state index in [4.69, 9.17) is 9.15 Å². The Labute approximate surface area is 196 Å². The number of amides is 2. The third-order valence-corrected chi connectivity index (χ3v) is 5.57. The van der Waals surface area contributed by atoms with Gasteiger partial charge in [-0.15, -0.1) is 0 Å². The fourth-order valence-electron chi connectivity index (χ4n) is 3.87. The Bertz CT molecular complexity index is 1280. The van der Waals surface area contributed by atoms with Gasteiger partial charge in [-0.3, -0.25) is 9.59 Å². The van der Waals surface area contributed by atoms with Crippen LogP contribution >= 0.6 is 0 Å². The molecule has 0 saturated carbocycles. The fraction of sp³-hybridized carbons (Fsp3) is 0.200. The molecule has 4 aromatic rings. The zero-order chi connectivity index (χ0) is 23.3. The Morgan fingerprint density at radius 2 is 1.62 bits per heavy atom. The van der Waals surface area contributed by atoms with Crippen LogP contribution in [0.25, 0.3) is 11.0 Å². The van der Waals surface area contributed by atoms with Crippen molar-refractivity contribution in [2.75, 3.05) is 43.0 Å². The number of ether oxygens (including phenoxy) is 1. The van der Waals surface area contributed by atoms with Gasteiger partial charge in [0.1, 0.15) is 17.0 Å². The number of aromatic nitrogens is 2. The molecule has 0 unspecified atom stereocenters. The molecule has 9 nitrogen and oxygen atoms in total. The number of anilines is 2. The maximum absolute atomic E-state index is 13.4. The Balaban J connectivity index is 1.31. The summed E-state index contributed by atoms with van der Waals surface area (Å²) in [5.74, 6) is 0.689. The third-order valence-electron chi connectivity index (χ3n) is 5.57. The van der Waals surface area contributed by atoms with E-state index in [0.29, 0.717) is 54.5 Å². The van der Waals surface area contributed by atoms with Crippen LogP contribution in [0.4, 0.5) is 11.6 Å². The van der Waals surface area contributed by atoms with Crippen molar-refractivity contribution in [3.63, 3.8) is 0 Å². The van der Waals surface area contributed by atoms with E-state index in [0.717, 1.165) is 0 Å². The number of benzene rings is 2. The second-order valence-electron chi connectivity index (χ2n) is 7.78. The Morgan fingerprint density at radius 1 is 0.912 bits per heavy atom. The van der Waals surface area contributed by atoms with Gasteiger partial charge in [0, 0.05) is 44.0 Å². The van der Waals surface area contributed by atoms with Crippen molar-refractivity contribution in [3.8, 4) is 5.75 Å². The lowest BCUT2D eigenvalue weighted by Crippen LogP contribution is -2.49. The number of carbonyl (C=O) groups is 2. The Morgan fingerprint density at radius 3 is 2.38 bits per heavy atom. The van der Waals surface area contributed by atoms with E-state index in [2.05, 4.69) is 15.3 Å². The van der Waals surface area contributed by atoms with E-state index >= 15 is 0 Å². The number of nitrogens with one attached hydrogen (secondary N) is 1. The first-order valence-corrected chi connectivity index (χ1v) is 11.0. The average Bonchev–Trinajstić information content (AvgIpc) is 3.26. The lowest BCUT2D eigenvalue weighted by molar-refractivity contribution is -0.118. The molecule has 2 amide bonds. The van der Waals surface area contributed by atoms with Gasteiger partial charge in [0.05, 0.1) is 0 Å². The van der Waals surface area contributed by atoms with E-state index in [1.165, 1.54) is 0 Å². The molecule has 0 aliphatic carbocycles. The van der Waals surface area contributed by atoms with Crippen molar-refractivity contribution < 1.29 is 18.7 Å². The largest absolute Gasteiger partial charge is 0.484 e. The van der Waals surface area contributed by atoms with Gasteiger partial charge in [0.15, 0.2) is 6.61 Å². The van der Waals surface area contributed by atoms with Gasteiger partial charge >= 0.3 is 0 Å². The van der Waals surface area contributed by atoms with Gasteiger partial charge < -0.3 is 24.3 Å². The molecule has 0 atom stereocenters. The number of para-hydroxylation sites is 2. The number of nitrogens with zero attached hydrogens (tertiary/aromatic N) is 4. The SMILES string of the molecule is O=C(COc1ccccc1)Nc1c(C(=O)N2CCN(c3ncccn3)CC2)oc2ccccc12. The molecule has 172 valence electrons. The number of fused-ring (bicyclic) bond motifs is 1. The van der Waals surface area contributed by atoms with Gasteiger partial charge in [0.25, 0.3) is 11.8 Å². The van der Waals surface area contributed by atoms with Crippen molar-refractivity contribution in [1.29, 1.82) is 0 Å². The molecule has 2 aromatic carbocycles. The highest BCUT2D eigenvalue weighted by Gasteiger charge is 2.29. The normalized spacial score (nSPS) is 13.6. The number of hydrogen-bond donors (Lipinski definition) is 1. The molecular formula is C25H23N5O4. The van der Waals surface area contributed by atoms with Crippen LogP contribution in [0, 0.1) is 0 Å². The van der Waals surface area contributed by atoms with Gasteiger partial charge in [-0.2, -0.15) is 0 Å². The van der Waals surface area contributed by atoms with Crippen molar-refractivity contribution >= 4 is 34.4 Å². The van der Waals surface area contributed by atoms with Gasteiger partial charge in [-0.25, -0.2) is 9.97 Å². The molecule has 3 heterocycles. The maximum Gasteiger partial charge on any atom is 0.291 e. The second-order valence-corrected chi connectivity index (χ2v) is 7.78. The van der Waals surface area contributed by atoms with Gasteiger partial charge in [0.2, 0.25) is 11.7 Å². The molecule has 1 fully saturated rings. The topological polar surface area (TPSA) is 101 Å². The highest BCUT2D eigenvalue weighted by atomic mass is 16.5. The molecule has 1 N–H and O–H groups in total. The molecule has 0 spiro atoms. The highest BCUT2D eigenvalue weighted by Crippen LogP contribution is 2.32. The first-order valence-electron chi connectivity index (χ1n) is 11.0. The van der Waals surface area contributed by atoms with Gasteiger partial charge in [-0.1, -0.05) is 30.3 Å². The number of carbonyl (C=O) groups excluding carboxylic acids is 2. The average molecular weight is 457 g/mol. The number of furan rings is 1. The molecule has 1 aliphatic rings. The summed E-state index contributed by atoms with van der Waals surface area (Å²) >= 11 is 0. The smallest absolute Gasteiger partial charge is 0.291 e. The Hall–Kier alpha value is -4.40. The lowest BCUT2D eigenvalue weighted by atomic mass is 10.2. The molecule has 0 bridgehead atoms. The summed E-state index contributed by atoms with van der Waals surface area (Å²) in [7, 11) is 0. The first-order chi connectivity index (χ1) is 16.7. The van der Waals surface area contributed by atoms with Crippen molar-refractivity contribution in [2.45, 2.75) is 0 Å². The van der Waals surface area contributed by atoms with Crippen LogP contribution in [-0.4, -0.2) is 59.5 Å². The molecule has 1 aliphatic heterocycles. The zero-order valence-corrected chi connectivity index (χ0v) is 18.4. The van der Waals surface area contributed by atoms with E-state index in [1.807, 2.05) is 41.3 Å². The molecular weight excluding hydrogens is 434 g/mol. The number of rotatable bonds is 6. The van der Waals surface area contributed by atoms with E-state index in [9.17, 15) is 9.59 Å². The van der Waals surface area contributed by atoms with Crippen molar-refractivity contribution in [2.24, 2.45) is 0 Å². The van der Waals surface area contributed by atoms with Crippen LogP contribution in [0.3, 0.4) is 0 Å². The molecule has 9 heteroatoms. The summed E-state index contributed by atoms with van der Waals surface area (Å²) < 4.78 is 11.4. The first kappa shape index (κ1) is 21.4. The third kappa shape index (κ3) is 4.54. The van der Waals surface area contributed by atoms with Crippen LogP contribution in [0.5, 0.6) is 5.75 Å². The van der Waals surface area contributed by atoms with Crippen LogP contribution in [0.15, 0.2) is 77.5 Å². The summed E-state index contributed by atoms with van der Waals surface area (Å²) in [5, 5.41) is 3.49. The number of hydrogen-bond acceptors (Lipinski definition) is 7. The van der Waals surface area contributed by atoms with E-state index in [-0.39, 0.29) is 24.2 Å². The summed E-state index contributed by atoms with van der Waals surface area (Å²) in [5.41, 5.74) is 0.887. The van der Waals surface area contributed by atoms with Crippen LogP contribution in [-0.2, 0) is 4.79 Å². The van der Waals surface area contributed by atoms with Crippen molar-refractivity contribution in [1.82, 2.24) is 14.9 Å². The summed E-state index contributed by atoms with van der Waals surface area (Å²) in [4.78, 5) is 38.4. The maximum atomic E-state index is 13.4. The Kier molecular flexibility index (Phi) is 6.07. The molecule has 0 radical (unpaired) electrons. The van der Waals surface area contributed by atoms with Gasteiger partial charge in [-0.05, 0) is 30.3 Å². The predicted octanol–water partition coefficient (Wildman–Crippen LogP) is 3.20. The highest BCUT2D eigenvalue weighted by molar-refractivity contribution is 6.11. The lowest BCUT2D eigenvalue weighted by Gasteiger charge is -2.34. The second kappa shape index (κ2) is 9.62. The standard InChI is InChI=1S/C25H23N5O4/c31-21(17-33-18-7-2-1-3-8-18)28-22-19-9-4-5-10-20(19)34-23(22)24(32)29-13-15-30(16-14-29)25-26-11-6-12-27-25/h1-12H,13-17H2,(H,28,31). The summed E-state index contributed by atoms with van der Waals surface area (Å²) in [6.45, 7) is 1.98. The molecule has 5 rings (SSSR count). The quantitative estimate of drug-likeness (QED) is 0.474. The molecule has 2 aromatic heterocycles. The minimum atomic E-state index is -0.379. The van der Waals surface area contributed by atoms with E-state index < -0.39 is 0 Å². The number of piperazine rings is 1. The minimum Gasteiger partial charge on any atom is -0.484 e. The summed E-state index contributed by atoms with van der Waals surface area (Å²) in [6, 6.07) is 18.1. The monoisotopic (exact) mass is 457 g/mol. The van der Waals surface area contributed by atoms with Crippen LogP contribution in [0.2, 0.25) is 0 Å². The minimum absolute atomic E-state index is 0.110. The fourth-order valence-corrected chi connectivity index (χ4v) is 3.87. The van der Waals surface area contributed by atoms with Crippen molar-refractivity contribution in [3.05, 3.63) is 78.8 Å². The van der Waals surface area contributed by atoms with Crippen LogP contribution in [0.1, 0.15) is 10.6 Å². The molecule has 34 heavy (non-hydrogen) atoms. The van der Waals surface area contributed by atoms with Crippen LogP contribution < -0.4 is 15.0 Å². The zero-order valence-electron chi connectivity index (χ0n) is 18.4. The molecule has 1 saturated heterocycles. The summed E-state index contributed by atoms with van der Waals surface area (Å²) in [6.07, 6.45) is 3.40. The predicted molar refractivity (Wildman–Crippen MR) is 127 cm³/mol. The van der Waals surface area contributed by atoms with E-state index in [1.54, 1.807) is 41.6 Å².